The third-order valence-corrected chi connectivity index (χ3v) is 3.13. The van der Waals surface area contributed by atoms with E-state index in [0.717, 1.165) is 5.56 Å². The van der Waals surface area contributed by atoms with Crippen molar-refractivity contribution in [2.45, 2.75) is 12.5 Å². The first kappa shape index (κ1) is 13.5. The molecule has 1 heterocycles. The van der Waals surface area contributed by atoms with Crippen LogP contribution in [0.3, 0.4) is 0 Å². The molecule has 0 aliphatic carbocycles. The maximum Gasteiger partial charge on any atom is 0.165 e. The largest absolute Gasteiger partial charge is 0.396 e. The van der Waals surface area contributed by atoms with Crippen molar-refractivity contribution >= 4 is 5.82 Å². The molecule has 1 N–H and O–H groups in total. The fourth-order valence-corrected chi connectivity index (χ4v) is 2.17. The van der Waals surface area contributed by atoms with Crippen molar-refractivity contribution < 1.29 is 9.50 Å². The fraction of sp³-hybridized carbons (Fsp3) is 0.267. The monoisotopic (exact) mass is 260 g/mol. The highest BCUT2D eigenvalue weighted by Gasteiger charge is 2.20. The number of anilines is 1. The smallest absolute Gasteiger partial charge is 0.165 e. The van der Waals surface area contributed by atoms with E-state index in [0.29, 0.717) is 12.2 Å². The molecule has 0 spiro atoms. The Balaban J connectivity index is 2.32. The number of aliphatic hydroxyl groups excluding tert-OH is 1. The molecular formula is C15H17FN2O. The van der Waals surface area contributed by atoms with Gasteiger partial charge in [0.25, 0.3) is 0 Å². The predicted octanol–water partition coefficient (Wildman–Crippen LogP) is 2.78. The van der Waals surface area contributed by atoms with E-state index in [1.165, 1.54) is 6.07 Å². The molecule has 0 aliphatic heterocycles. The van der Waals surface area contributed by atoms with Crippen molar-refractivity contribution in [1.82, 2.24) is 4.98 Å². The predicted molar refractivity (Wildman–Crippen MR) is 73.5 cm³/mol. The molecule has 0 amide bonds. The second kappa shape index (κ2) is 6.29. The highest BCUT2D eigenvalue weighted by molar-refractivity contribution is 5.42. The van der Waals surface area contributed by atoms with E-state index in [-0.39, 0.29) is 18.5 Å². The van der Waals surface area contributed by atoms with Crippen molar-refractivity contribution in [3.63, 3.8) is 0 Å². The van der Waals surface area contributed by atoms with E-state index in [2.05, 4.69) is 4.98 Å². The Labute approximate surface area is 112 Å². The molecule has 19 heavy (non-hydrogen) atoms. The van der Waals surface area contributed by atoms with Gasteiger partial charge in [0.05, 0.1) is 6.04 Å². The van der Waals surface area contributed by atoms with Crippen LogP contribution in [0.4, 0.5) is 10.2 Å². The van der Waals surface area contributed by atoms with Crippen LogP contribution in [-0.2, 0) is 0 Å². The molecule has 0 aliphatic rings. The minimum atomic E-state index is -0.358. The summed E-state index contributed by atoms with van der Waals surface area (Å²) in [7, 11) is 1.79. The van der Waals surface area contributed by atoms with Gasteiger partial charge in [-0.15, -0.1) is 0 Å². The number of hydrogen-bond donors (Lipinski definition) is 1. The number of benzene rings is 1. The molecule has 2 aromatic rings. The molecule has 0 unspecified atom stereocenters. The molecule has 0 saturated heterocycles. The Morgan fingerprint density at radius 2 is 1.95 bits per heavy atom. The molecule has 1 atom stereocenters. The van der Waals surface area contributed by atoms with Gasteiger partial charge in [0.1, 0.15) is 0 Å². The Morgan fingerprint density at radius 1 is 1.21 bits per heavy atom. The Hall–Kier alpha value is -1.94. The zero-order valence-corrected chi connectivity index (χ0v) is 10.8. The number of aromatic nitrogens is 1. The highest BCUT2D eigenvalue weighted by atomic mass is 19.1. The van der Waals surface area contributed by atoms with Crippen LogP contribution >= 0.6 is 0 Å². The van der Waals surface area contributed by atoms with Gasteiger partial charge in [-0.05, 0) is 24.1 Å². The third kappa shape index (κ3) is 3.09. The summed E-state index contributed by atoms with van der Waals surface area (Å²) in [6, 6.07) is 12.6. The van der Waals surface area contributed by atoms with Crippen molar-refractivity contribution in [3.05, 3.63) is 60.0 Å². The molecule has 0 bridgehead atoms. The molecule has 1 aromatic carbocycles. The molecular weight excluding hydrogens is 243 g/mol. The van der Waals surface area contributed by atoms with Crippen LogP contribution in [0.25, 0.3) is 0 Å². The lowest BCUT2D eigenvalue weighted by Crippen LogP contribution is -2.26. The van der Waals surface area contributed by atoms with Gasteiger partial charge in [-0.2, -0.15) is 0 Å². The van der Waals surface area contributed by atoms with Crippen molar-refractivity contribution in [1.29, 1.82) is 0 Å². The van der Waals surface area contributed by atoms with Crippen LogP contribution in [0.15, 0.2) is 48.7 Å². The van der Waals surface area contributed by atoms with E-state index in [4.69, 9.17) is 0 Å². The Kier molecular flexibility index (Phi) is 4.47. The van der Waals surface area contributed by atoms with Crippen molar-refractivity contribution in [3.8, 4) is 0 Å². The maximum atomic E-state index is 13.8. The van der Waals surface area contributed by atoms with Crippen LogP contribution in [0, 0.1) is 5.82 Å². The Bertz CT molecular complexity index is 519. The third-order valence-electron chi connectivity index (χ3n) is 3.13. The van der Waals surface area contributed by atoms with Gasteiger partial charge >= 0.3 is 0 Å². The normalized spacial score (nSPS) is 12.2. The van der Waals surface area contributed by atoms with E-state index in [9.17, 15) is 9.50 Å². The van der Waals surface area contributed by atoms with E-state index in [1.54, 1.807) is 24.2 Å². The standard InChI is InChI=1S/C15H17FN2O/c1-18(15-13(16)8-5-10-17-15)14(9-11-19)12-6-3-2-4-7-12/h2-8,10,14,19H,9,11H2,1H3/t14-/m0/s1. The molecule has 0 fully saturated rings. The molecule has 0 radical (unpaired) electrons. The first-order valence-corrected chi connectivity index (χ1v) is 6.23. The Morgan fingerprint density at radius 3 is 2.58 bits per heavy atom. The SMILES string of the molecule is CN(c1ncccc1F)[C@@H](CCO)c1ccccc1. The number of aliphatic hydroxyl groups is 1. The quantitative estimate of drug-likeness (QED) is 0.898. The number of nitrogens with zero attached hydrogens (tertiary/aromatic N) is 2. The van der Waals surface area contributed by atoms with Gasteiger partial charge in [-0.3, -0.25) is 0 Å². The van der Waals surface area contributed by atoms with Crippen LogP contribution in [-0.4, -0.2) is 23.7 Å². The van der Waals surface area contributed by atoms with Crippen LogP contribution in [0.2, 0.25) is 0 Å². The van der Waals surface area contributed by atoms with Crippen molar-refractivity contribution in [2.75, 3.05) is 18.6 Å². The average molecular weight is 260 g/mol. The summed E-state index contributed by atoms with van der Waals surface area (Å²) in [5.74, 6) is -0.0614. The topological polar surface area (TPSA) is 36.4 Å². The van der Waals surface area contributed by atoms with Crippen molar-refractivity contribution in [2.24, 2.45) is 0 Å². The van der Waals surface area contributed by atoms with Gasteiger partial charge < -0.3 is 10.0 Å². The number of hydrogen-bond acceptors (Lipinski definition) is 3. The average Bonchev–Trinajstić information content (AvgIpc) is 2.45. The highest BCUT2D eigenvalue weighted by Crippen LogP contribution is 2.28. The summed E-state index contributed by atoms with van der Waals surface area (Å²) in [5, 5.41) is 9.22. The maximum absolute atomic E-state index is 13.8. The molecule has 2 rings (SSSR count). The molecule has 3 nitrogen and oxygen atoms in total. The zero-order chi connectivity index (χ0) is 13.7. The van der Waals surface area contributed by atoms with Gasteiger partial charge in [0.2, 0.25) is 0 Å². The summed E-state index contributed by atoms with van der Waals surface area (Å²) in [6.07, 6.45) is 2.09. The second-order valence-electron chi connectivity index (χ2n) is 4.36. The van der Waals surface area contributed by atoms with Gasteiger partial charge in [-0.25, -0.2) is 9.37 Å². The number of halogens is 1. The van der Waals surface area contributed by atoms with Crippen LogP contribution < -0.4 is 4.90 Å². The first-order chi connectivity index (χ1) is 9.24. The second-order valence-corrected chi connectivity index (χ2v) is 4.36. The molecule has 100 valence electrons. The number of rotatable bonds is 5. The number of pyridine rings is 1. The minimum Gasteiger partial charge on any atom is -0.396 e. The lowest BCUT2D eigenvalue weighted by molar-refractivity contribution is 0.274. The van der Waals surface area contributed by atoms with E-state index in [1.807, 2.05) is 30.3 Å². The van der Waals surface area contributed by atoms with Gasteiger partial charge in [0, 0.05) is 19.9 Å². The lowest BCUT2D eigenvalue weighted by Gasteiger charge is -2.29. The van der Waals surface area contributed by atoms with E-state index >= 15 is 0 Å². The zero-order valence-electron chi connectivity index (χ0n) is 10.8. The summed E-state index contributed by atoms with van der Waals surface area (Å²) in [6.45, 7) is 0.0400. The molecule has 4 heteroatoms. The summed E-state index contributed by atoms with van der Waals surface area (Å²) in [5.41, 5.74) is 1.03. The van der Waals surface area contributed by atoms with E-state index < -0.39 is 0 Å². The molecule has 1 aromatic heterocycles. The first-order valence-electron chi connectivity index (χ1n) is 6.23. The fourth-order valence-electron chi connectivity index (χ4n) is 2.17. The van der Waals surface area contributed by atoms with Crippen LogP contribution in [0.1, 0.15) is 18.0 Å². The summed E-state index contributed by atoms with van der Waals surface area (Å²) >= 11 is 0. The van der Waals surface area contributed by atoms with Gasteiger partial charge in [0.15, 0.2) is 11.6 Å². The van der Waals surface area contributed by atoms with Gasteiger partial charge in [-0.1, -0.05) is 30.3 Å². The minimum absolute atomic E-state index is 0.0400. The lowest BCUT2D eigenvalue weighted by atomic mass is 10.0. The molecule has 0 saturated carbocycles. The van der Waals surface area contributed by atoms with Crippen LogP contribution in [0.5, 0.6) is 0 Å². The summed E-state index contributed by atoms with van der Waals surface area (Å²) < 4.78 is 13.8. The summed E-state index contributed by atoms with van der Waals surface area (Å²) in [4.78, 5) is 5.84.